The zero-order valence-electron chi connectivity index (χ0n) is 20.3. The van der Waals surface area contributed by atoms with Crippen LogP contribution in [0.25, 0.3) is 0 Å². The fourth-order valence-electron chi connectivity index (χ4n) is 10.5. The summed E-state index contributed by atoms with van der Waals surface area (Å²) in [5.74, 6) is 8.21. The van der Waals surface area contributed by atoms with Crippen molar-refractivity contribution in [2.45, 2.75) is 115 Å². The van der Waals surface area contributed by atoms with Gasteiger partial charge >= 0.3 is 0 Å². The van der Waals surface area contributed by atoms with E-state index in [0.717, 1.165) is 71.5 Å². The van der Waals surface area contributed by atoms with E-state index in [1.54, 1.807) is 25.7 Å². The Morgan fingerprint density at radius 2 is 0.767 bits per heavy atom. The highest BCUT2D eigenvalue weighted by atomic mass is 15.2. The van der Waals surface area contributed by atoms with Crippen LogP contribution >= 0.6 is 0 Å². The predicted molar refractivity (Wildman–Crippen MR) is 125 cm³/mol. The lowest BCUT2D eigenvalue weighted by atomic mass is 9.61. The molecule has 12 unspecified atom stereocenters. The van der Waals surface area contributed by atoms with Crippen molar-refractivity contribution in [1.82, 2.24) is 9.80 Å². The van der Waals surface area contributed by atoms with Crippen molar-refractivity contribution in [3.05, 3.63) is 0 Å². The molecule has 0 radical (unpaired) electrons. The molecule has 0 bridgehead atoms. The van der Waals surface area contributed by atoms with Gasteiger partial charge in [0, 0.05) is 24.2 Å². The van der Waals surface area contributed by atoms with Crippen LogP contribution in [0.15, 0.2) is 0 Å². The minimum absolute atomic E-state index is 0.929. The van der Waals surface area contributed by atoms with E-state index >= 15 is 0 Å². The van der Waals surface area contributed by atoms with Crippen LogP contribution in [0.2, 0.25) is 0 Å². The van der Waals surface area contributed by atoms with Crippen molar-refractivity contribution in [2.75, 3.05) is 14.1 Å². The second-order valence-electron chi connectivity index (χ2n) is 13.2. The Kier molecular flexibility index (Phi) is 5.30. The Hall–Kier alpha value is -0.0800. The van der Waals surface area contributed by atoms with Crippen LogP contribution in [0.5, 0.6) is 0 Å². The first-order valence-electron chi connectivity index (χ1n) is 13.9. The van der Waals surface area contributed by atoms with Gasteiger partial charge in [0.15, 0.2) is 0 Å². The molecular formula is C28H48N2. The van der Waals surface area contributed by atoms with E-state index in [0.29, 0.717) is 0 Å². The van der Waals surface area contributed by atoms with Gasteiger partial charge in [0.25, 0.3) is 0 Å². The highest BCUT2D eigenvalue weighted by Crippen LogP contribution is 2.56. The first-order valence-corrected chi connectivity index (χ1v) is 13.9. The Morgan fingerprint density at radius 3 is 1.17 bits per heavy atom. The van der Waals surface area contributed by atoms with Crippen molar-refractivity contribution in [3.63, 3.8) is 0 Å². The third kappa shape index (κ3) is 3.17. The molecule has 0 aromatic rings. The third-order valence-electron chi connectivity index (χ3n) is 11.9. The molecule has 2 heteroatoms. The van der Waals surface area contributed by atoms with Gasteiger partial charge in [-0.25, -0.2) is 0 Å². The molecule has 2 nitrogen and oxygen atoms in total. The monoisotopic (exact) mass is 412 g/mol. The fraction of sp³-hybridized carbons (Fsp3) is 1.00. The van der Waals surface area contributed by atoms with Crippen LogP contribution in [-0.4, -0.2) is 48.1 Å². The summed E-state index contributed by atoms with van der Waals surface area (Å²) in [5.41, 5.74) is 0. The Bertz CT molecular complexity index is 578. The number of hydrogen-bond donors (Lipinski definition) is 0. The van der Waals surface area contributed by atoms with Crippen molar-refractivity contribution >= 4 is 0 Å². The molecule has 2 heterocycles. The summed E-state index contributed by atoms with van der Waals surface area (Å²) in [4.78, 5) is 5.74. The second kappa shape index (κ2) is 7.75. The molecule has 2 saturated heterocycles. The van der Waals surface area contributed by atoms with Crippen LogP contribution in [0.1, 0.15) is 90.9 Å². The molecule has 0 spiro atoms. The van der Waals surface area contributed by atoms with Gasteiger partial charge in [0.05, 0.1) is 0 Å². The maximum absolute atomic E-state index is 2.87. The molecule has 170 valence electrons. The summed E-state index contributed by atoms with van der Waals surface area (Å²) in [6.07, 6.45) is 18.3. The van der Waals surface area contributed by atoms with Crippen LogP contribution in [0, 0.1) is 47.3 Å². The molecule has 4 saturated carbocycles. The molecule has 0 aromatic carbocycles. The van der Waals surface area contributed by atoms with E-state index in [4.69, 9.17) is 0 Å². The first kappa shape index (κ1) is 20.5. The summed E-state index contributed by atoms with van der Waals surface area (Å²) in [6, 6.07) is 3.72. The summed E-state index contributed by atoms with van der Waals surface area (Å²) < 4.78 is 0. The van der Waals surface area contributed by atoms with Crippen LogP contribution < -0.4 is 0 Å². The second-order valence-corrected chi connectivity index (χ2v) is 13.2. The van der Waals surface area contributed by atoms with Gasteiger partial charge in [-0.2, -0.15) is 0 Å². The Labute approximate surface area is 186 Å². The minimum Gasteiger partial charge on any atom is -0.300 e. The summed E-state index contributed by atoms with van der Waals surface area (Å²) in [7, 11) is 4.98. The topological polar surface area (TPSA) is 6.48 Å². The first-order chi connectivity index (χ1) is 14.5. The maximum atomic E-state index is 2.87. The van der Waals surface area contributed by atoms with Crippen molar-refractivity contribution in [3.8, 4) is 0 Å². The number of hydrogen-bond acceptors (Lipinski definition) is 2. The minimum atomic E-state index is 0.929. The lowest BCUT2D eigenvalue weighted by molar-refractivity contribution is 0.0706. The van der Waals surface area contributed by atoms with E-state index < -0.39 is 0 Å². The van der Waals surface area contributed by atoms with E-state index in [2.05, 4.69) is 37.7 Å². The summed E-state index contributed by atoms with van der Waals surface area (Å²) in [6.45, 7) is 5.06. The standard InChI is InChI=1S/C28H48N2/c1-17-5-9-25-21(13-17)23-15-19(7-11-27(23)29(25)3)20-8-12-28-24(16-20)22-14-18(2)6-10-26(22)30(28)4/h17-28H,5-16H2,1-4H3. The quantitative estimate of drug-likeness (QED) is 0.517. The molecule has 6 rings (SSSR count). The van der Waals surface area contributed by atoms with Crippen LogP contribution in [0.4, 0.5) is 0 Å². The SMILES string of the molecule is CC1CCC2C(C1)C1CC(C3CCC4C(C3)C3CC(C)CCC3N4C)CCC1N2C. The average molecular weight is 413 g/mol. The summed E-state index contributed by atoms with van der Waals surface area (Å²) >= 11 is 0. The van der Waals surface area contributed by atoms with E-state index in [9.17, 15) is 0 Å². The fourth-order valence-corrected chi connectivity index (χ4v) is 10.5. The van der Waals surface area contributed by atoms with Gasteiger partial charge in [0.1, 0.15) is 0 Å². The van der Waals surface area contributed by atoms with Gasteiger partial charge < -0.3 is 0 Å². The lowest BCUT2D eigenvalue weighted by Crippen LogP contribution is -2.41. The largest absolute Gasteiger partial charge is 0.300 e. The molecule has 4 aliphatic carbocycles. The van der Waals surface area contributed by atoms with Crippen molar-refractivity contribution in [2.24, 2.45) is 47.3 Å². The number of fused-ring (bicyclic) bond motifs is 6. The number of nitrogens with zero attached hydrogens (tertiary/aromatic N) is 2. The van der Waals surface area contributed by atoms with Crippen molar-refractivity contribution in [1.29, 1.82) is 0 Å². The van der Waals surface area contributed by atoms with Crippen LogP contribution in [0.3, 0.4) is 0 Å². The molecular weight excluding hydrogens is 364 g/mol. The molecule has 2 aliphatic heterocycles. The highest BCUT2D eigenvalue weighted by molar-refractivity contribution is 5.07. The van der Waals surface area contributed by atoms with E-state index in [-0.39, 0.29) is 0 Å². The maximum Gasteiger partial charge on any atom is 0.0127 e. The Morgan fingerprint density at radius 1 is 0.433 bits per heavy atom. The lowest BCUT2D eigenvalue weighted by Gasteiger charge is -2.44. The Balaban J connectivity index is 1.16. The normalized spacial score (nSPS) is 56.8. The van der Waals surface area contributed by atoms with Crippen LogP contribution in [-0.2, 0) is 0 Å². The van der Waals surface area contributed by atoms with Gasteiger partial charge in [-0.1, -0.05) is 13.8 Å². The molecule has 6 fully saturated rings. The zero-order chi connectivity index (χ0) is 20.6. The summed E-state index contributed by atoms with van der Waals surface area (Å²) in [5, 5.41) is 0. The highest BCUT2D eigenvalue weighted by Gasteiger charge is 2.54. The van der Waals surface area contributed by atoms with Gasteiger partial charge in [-0.3, -0.25) is 9.80 Å². The molecule has 12 atom stereocenters. The molecule has 6 aliphatic rings. The average Bonchev–Trinajstić information content (AvgIpc) is 3.19. The van der Waals surface area contributed by atoms with E-state index in [1.807, 2.05) is 0 Å². The molecule has 30 heavy (non-hydrogen) atoms. The molecule has 0 aromatic heterocycles. The smallest absolute Gasteiger partial charge is 0.0127 e. The molecule has 0 amide bonds. The number of rotatable bonds is 1. The zero-order valence-corrected chi connectivity index (χ0v) is 20.3. The van der Waals surface area contributed by atoms with Gasteiger partial charge in [-0.15, -0.1) is 0 Å². The molecule has 0 N–H and O–H groups in total. The van der Waals surface area contributed by atoms with Crippen molar-refractivity contribution < 1.29 is 0 Å². The van der Waals surface area contributed by atoms with Gasteiger partial charge in [0.2, 0.25) is 0 Å². The number of likely N-dealkylation sites (tertiary alicyclic amines) is 2. The third-order valence-corrected chi connectivity index (χ3v) is 11.9. The van der Waals surface area contributed by atoms with Gasteiger partial charge in [-0.05, 0) is 138 Å². The van der Waals surface area contributed by atoms with E-state index in [1.165, 1.54) is 51.4 Å². The predicted octanol–water partition coefficient (Wildman–Crippen LogP) is 6.06.